The minimum absolute atomic E-state index is 0.138. The molecule has 3 saturated carbocycles. The molecular weight excluding hydrogens is 493 g/mol. The van der Waals surface area contributed by atoms with Gasteiger partial charge in [0.2, 0.25) is 0 Å². The van der Waals surface area contributed by atoms with E-state index in [4.69, 9.17) is 13.3 Å². The molecule has 0 aromatic rings. The molecule has 208 valence electrons. The highest BCUT2D eigenvalue weighted by Gasteiger charge is 2.67. The summed E-state index contributed by atoms with van der Waals surface area (Å²) < 4.78 is 20.8. The summed E-state index contributed by atoms with van der Waals surface area (Å²) in [6.07, 6.45) is 13.4. The van der Waals surface area contributed by atoms with Gasteiger partial charge in [-0.3, -0.25) is 0 Å². The second-order valence-electron chi connectivity index (χ2n) is 16.3. The molecule has 4 rings (SSSR count). The Morgan fingerprint density at radius 3 is 2.03 bits per heavy atom. The fourth-order valence-electron chi connectivity index (χ4n) is 9.35. The molecule has 0 saturated heterocycles. The summed E-state index contributed by atoms with van der Waals surface area (Å²) >= 11 is 0. The number of fused-ring (bicyclic) bond motifs is 5. The van der Waals surface area contributed by atoms with Crippen LogP contribution in [0.5, 0.6) is 0 Å². The molecule has 0 amide bonds. The van der Waals surface area contributed by atoms with E-state index in [1.807, 2.05) is 0 Å². The van der Waals surface area contributed by atoms with Gasteiger partial charge in [-0.25, -0.2) is 0 Å². The Hall–Kier alpha value is 0.271. The Labute approximate surface area is 226 Å². The third kappa shape index (κ3) is 5.34. The van der Waals surface area contributed by atoms with Crippen molar-refractivity contribution in [2.75, 3.05) is 0 Å². The number of rotatable bonds is 7. The van der Waals surface area contributed by atoms with Crippen molar-refractivity contribution < 1.29 is 13.3 Å². The highest BCUT2D eigenvalue weighted by Crippen LogP contribution is 2.69. The van der Waals surface area contributed by atoms with E-state index in [9.17, 15) is 0 Å². The predicted octanol–water partition coefficient (Wildman–Crippen LogP) is 9.00. The molecule has 0 radical (unpaired) electrons. The maximum absolute atomic E-state index is 7.35. The van der Waals surface area contributed by atoms with Gasteiger partial charge in [0, 0.05) is 11.5 Å². The fraction of sp³-hybridized carbons (Fsp3) is 0.933. The van der Waals surface area contributed by atoms with Gasteiger partial charge in [0.1, 0.15) is 0 Å². The number of hydrogen-bond acceptors (Lipinski definition) is 3. The van der Waals surface area contributed by atoms with Crippen LogP contribution < -0.4 is 0 Å². The molecule has 8 atom stereocenters. The van der Waals surface area contributed by atoms with Crippen LogP contribution >= 0.6 is 0 Å². The van der Waals surface area contributed by atoms with E-state index in [0.717, 1.165) is 17.8 Å². The van der Waals surface area contributed by atoms with Crippen molar-refractivity contribution in [1.82, 2.24) is 0 Å². The van der Waals surface area contributed by atoms with Crippen LogP contribution in [-0.2, 0) is 13.3 Å². The summed E-state index contributed by atoms with van der Waals surface area (Å²) in [7, 11) is -4.93. The summed E-state index contributed by atoms with van der Waals surface area (Å²) in [5, 5.41) is 0. The van der Waals surface area contributed by atoms with Crippen molar-refractivity contribution in [3.05, 3.63) is 11.6 Å². The monoisotopic (exact) mass is 550 g/mol. The minimum atomic E-state index is -1.76. The summed E-state index contributed by atoms with van der Waals surface area (Å²) in [5.41, 5.74) is 2.17. The van der Waals surface area contributed by atoms with Crippen molar-refractivity contribution in [1.29, 1.82) is 0 Å². The van der Waals surface area contributed by atoms with Crippen molar-refractivity contribution in [2.24, 2.45) is 28.6 Å². The molecule has 0 spiro atoms. The van der Waals surface area contributed by atoms with Crippen LogP contribution in [0.4, 0.5) is 0 Å². The first-order chi connectivity index (χ1) is 16.3. The zero-order valence-electron chi connectivity index (χ0n) is 25.8. The molecule has 4 aliphatic carbocycles. The lowest BCUT2D eigenvalue weighted by atomic mass is 9.46. The molecule has 0 heterocycles. The first-order valence-corrected chi connectivity index (χ1v) is 25.3. The minimum Gasteiger partial charge on any atom is -0.414 e. The molecule has 0 N–H and O–H groups in total. The standard InChI is InChI=1S/C30H58O3Si3/c1-22(31-34(4,5)6)30(33-36(10,11)12)20-17-27-25-14-13-23-21-24(32-35(7,8)9)15-18-28(23,2)26(25)16-19-29(27,30)3/h13,22,24-27H,14-21H2,1-12H3. The average molecular weight is 551 g/mol. The maximum atomic E-state index is 7.35. The van der Waals surface area contributed by atoms with Crippen LogP contribution in [0.25, 0.3) is 0 Å². The van der Waals surface area contributed by atoms with E-state index >= 15 is 0 Å². The molecule has 0 bridgehead atoms. The molecule has 8 unspecified atom stereocenters. The molecule has 4 aliphatic rings. The lowest BCUT2D eigenvalue weighted by Gasteiger charge is -2.61. The largest absolute Gasteiger partial charge is 0.414 e. The Morgan fingerprint density at radius 2 is 1.44 bits per heavy atom. The van der Waals surface area contributed by atoms with Gasteiger partial charge in [0.25, 0.3) is 0 Å². The zero-order valence-corrected chi connectivity index (χ0v) is 28.8. The molecule has 3 nitrogen and oxygen atoms in total. The molecule has 6 heteroatoms. The topological polar surface area (TPSA) is 27.7 Å². The van der Waals surface area contributed by atoms with E-state index in [0.29, 0.717) is 11.5 Å². The molecule has 0 aromatic heterocycles. The summed E-state index contributed by atoms with van der Waals surface area (Å²) in [6.45, 7) is 28.8. The lowest BCUT2D eigenvalue weighted by molar-refractivity contribution is -0.155. The van der Waals surface area contributed by atoms with Crippen LogP contribution in [0.2, 0.25) is 58.9 Å². The first kappa shape index (κ1) is 29.3. The van der Waals surface area contributed by atoms with Gasteiger partial charge in [-0.15, -0.1) is 0 Å². The van der Waals surface area contributed by atoms with E-state index in [-0.39, 0.29) is 17.1 Å². The zero-order chi connectivity index (χ0) is 26.9. The molecular formula is C30H58O3Si3. The smallest absolute Gasteiger partial charge is 0.184 e. The van der Waals surface area contributed by atoms with Crippen LogP contribution in [-0.4, -0.2) is 42.8 Å². The third-order valence-corrected chi connectivity index (χ3v) is 13.5. The van der Waals surface area contributed by atoms with Gasteiger partial charge in [-0.2, -0.15) is 0 Å². The predicted molar refractivity (Wildman–Crippen MR) is 161 cm³/mol. The summed E-state index contributed by atoms with van der Waals surface area (Å²) in [6, 6.07) is 0. The van der Waals surface area contributed by atoms with E-state index in [1.54, 1.807) is 5.57 Å². The van der Waals surface area contributed by atoms with Crippen LogP contribution in [0.15, 0.2) is 11.6 Å². The summed E-state index contributed by atoms with van der Waals surface area (Å²) in [5.74, 6) is 2.35. The highest BCUT2D eigenvalue weighted by molar-refractivity contribution is 6.70. The SMILES string of the molecule is CC(O[Si](C)(C)C)C1(O[Si](C)(C)C)CCC2C3CC=C4CC(O[Si](C)(C)C)CCC4(C)C3CCC21C. The van der Waals surface area contributed by atoms with E-state index in [2.05, 4.69) is 85.8 Å². The second kappa shape index (κ2) is 9.43. The quantitative estimate of drug-likeness (QED) is 0.234. The highest BCUT2D eigenvalue weighted by atomic mass is 28.4. The third-order valence-electron chi connectivity index (χ3n) is 10.4. The normalized spacial score (nSPS) is 42.3. The van der Waals surface area contributed by atoms with Crippen LogP contribution in [0, 0.1) is 28.6 Å². The first-order valence-electron chi connectivity index (χ1n) is 15.1. The number of hydrogen-bond donors (Lipinski definition) is 0. The Morgan fingerprint density at radius 1 is 0.806 bits per heavy atom. The van der Waals surface area contributed by atoms with Gasteiger partial charge >= 0.3 is 0 Å². The van der Waals surface area contributed by atoms with Crippen molar-refractivity contribution in [2.45, 2.75) is 149 Å². The van der Waals surface area contributed by atoms with Crippen molar-refractivity contribution in [3.8, 4) is 0 Å². The van der Waals surface area contributed by atoms with Gasteiger partial charge in [-0.1, -0.05) is 25.5 Å². The molecule has 0 aromatic carbocycles. The second-order valence-corrected chi connectivity index (χ2v) is 29.7. The van der Waals surface area contributed by atoms with Crippen LogP contribution in [0.3, 0.4) is 0 Å². The Kier molecular flexibility index (Phi) is 7.67. The number of allylic oxidation sites excluding steroid dienone is 1. The molecule has 3 fully saturated rings. The molecule has 0 aliphatic heterocycles. The Balaban J connectivity index is 1.63. The molecule has 36 heavy (non-hydrogen) atoms. The maximum Gasteiger partial charge on any atom is 0.184 e. The summed E-state index contributed by atoms with van der Waals surface area (Å²) in [4.78, 5) is 0. The van der Waals surface area contributed by atoms with Crippen molar-refractivity contribution >= 4 is 25.0 Å². The van der Waals surface area contributed by atoms with Gasteiger partial charge < -0.3 is 13.3 Å². The van der Waals surface area contributed by atoms with E-state index in [1.165, 1.54) is 51.4 Å². The fourth-order valence-corrected chi connectivity index (χ4v) is 13.4. The van der Waals surface area contributed by atoms with Gasteiger partial charge in [0.15, 0.2) is 25.0 Å². The van der Waals surface area contributed by atoms with Crippen LogP contribution in [0.1, 0.15) is 72.1 Å². The van der Waals surface area contributed by atoms with Crippen molar-refractivity contribution in [3.63, 3.8) is 0 Å². The Bertz CT molecular complexity index is 853. The average Bonchev–Trinajstić information content (AvgIpc) is 2.98. The van der Waals surface area contributed by atoms with Gasteiger partial charge in [-0.05, 0) is 140 Å². The van der Waals surface area contributed by atoms with Gasteiger partial charge in [0.05, 0.1) is 11.7 Å². The van der Waals surface area contributed by atoms with E-state index < -0.39 is 25.0 Å². The lowest BCUT2D eigenvalue weighted by Crippen LogP contribution is -2.63.